The van der Waals surface area contributed by atoms with Crippen LogP contribution in [-0.4, -0.2) is 30.5 Å². The van der Waals surface area contributed by atoms with Crippen LogP contribution in [0.2, 0.25) is 0 Å². The summed E-state index contributed by atoms with van der Waals surface area (Å²) >= 11 is 3.24. The van der Waals surface area contributed by atoms with Crippen LogP contribution in [0, 0.1) is 0 Å². The molecule has 0 unspecified atom stereocenters. The van der Waals surface area contributed by atoms with Gasteiger partial charge >= 0.3 is 5.97 Å². The fourth-order valence-corrected chi connectivity index (χ4v) is 1.47. The van der Waals surface area contributed by atoms with Crippen molar-refractivity contribution in [2.75, 3.05) is 13.7 Å². The molecule has 6 heteroatoms. The van der Waals surface area contributed by atoms with E-state index in [1.165, 1.54) is 7.11 Å². The maximum Gasteiger partial charge on any atom is 0.305 e. The minimum absolute atomic E-state index is 0.185. The van der Waals surface area contributed by atoms with Crippen molar-refractivity contribution in [1.82, 2.24) is 10.3 Å². The first kappa shape index (κ1) is 12.8. The number of halogens is 1. The Morgan fingerprint density at radius 3 is 2.88 bits per heavy atom. The van der Waals surface area contributed by atoms with E-state index in [1.54, 1.807) is 12.3 Å². The number of hydrogen-bond acceptors (Lipinski definition) is 3. The SMILES string of the molecule is COC(=O)CCCNC(=O)c1cc(Br)c[nH]1. The predicted octanol–water partition coefficient (Wildman–Crippen LogP) is 1.46. The van der Waals surface area contributed by atoms with E-state index in [-0.39, 0.29) is 11.9 Å². The van der Waals surface area contributed by atoms with Gasteiger partial charge in [0.2, 0.25) is 0 Å². The zero-order valence-corrected chi connectivity index (χ0v) is 10.5. The summed E-state index contributed by atoms with van der Waals surface area (Å²) in [5.74, 6) is -0.451. The minimum atomic E-state index is -0.267. The van der Waals surface area contributed by atoms with Crippen molar-refractivity contribution >= 4 is 27.8 Å². The minimum Gasteiger partial charge on any atom is -0.469 e. The third kappa shape index (κ3) is 4.06. The topological polar surface area (TPSA) is 71.2 Å². The Labute approximate surface area is 102 Å². The van der Waals surface area contributed by atoms with Crippen LogP contribution < -0.4 is 5.32 Å². The number of nitrogens with one attached hydrogen (secondary N) is 2. The number of H-pyrrole nitrogens is 1. The number of methoxy groups -OCH3 is 1. The van der Waals surface area contributed by atoms with Crippen molar-refractivity contribution in [3.8, 4) is 0 Å². The summed E-state index contributed by atoms with van der Waals surface area (Å²) in [7, 11) is 1.34. The van der Waals surface area contributed by atoms with Gasteiger partial charge in [-0.3, -0.25) is 9.59 Å². The molecule has 1 rings (SSSR count). The van der Waals surface area contributed by atoms with Crippen molar-refractivity contribution < 1.29 is 14.3 Å². The van der Waals surface area contributed by atoms with Gasteiger partial charge in [-0.1, -0.05) is 0 Å². The van der Waals surface area contributed by atoms with E-state index in [0.717, 1.165) is 4.47 Å². The van der Waals surface area contributed by atoms with Gasteiger partial charge in [-0.25, -0.2) is 0 Å². The second kappa shape index (κ2) is 6.32. The van der Waals surface area contributed by atoms with E-state index < -0.39 is 0 Å². The first-order chi connectivity index (χ1) is 7.63. The summed E-state index contributed by atoms with van der Waals surface area (Å²) < 4.78 is 5.31. The average Bonchev–Trinajstić information content (AvgIpc) is 2.70. The number of hydrogen-bond donors (Lipinski definition) is 2. The maximum absolute atomic E-state index is 11.5. The number of esters is 1. The largest absolute Gasteiger partial charge is 0.469 e. The van der Waals surface area contributed by atoms with Crippen LogP contribution in [0.3, 0.4) is 0 Å². The molecule has 0 fully saturated rings. The monoisotopic (exact) mass is 288 g/mol. The van der Waals surface area contributed by atoms with Crippen LogP contribution in [0.5, 0.6) is 0 Å². The molecule has 0 atom stereocenters. The van der Waals surface area contributed by atoms with Gasteiger partial charge in [0, 0.05) is 23.6 Å². The molecule has 2 N–H and O–H groups in total. The average molecular weight is 289 g/mol. The Morgan fingerprint density at radius 2 is 2.31 bits per heavy atom. The first-order valence-electron chi connectivity index (χ1n) is 4.82. The van der Waals surface area contributed by atoms with Gasteiger partial charge in [0.15, 0.2) is 0 Å². The molecule has 0 saturated heterocycles. The quantitative estimate of drug-likeness (QED) is 0.637. The lowest BCUT2D eigenvalue weighted by Crippen LogP contribution is -2.25. The highest BCUT2D eigenvalue weighted by atomic mass is 79.9. The van der Waals surface area contributed by atoms with Crippen LogP contribution in [-0.2, 0) is 9.53 Å². The van der Waals surface area contributed by atoms with Crippen molar-refractivity contribution in [3.63, 3.8) is 0 Å². The van der Waals surface area contributed by atoms with E-state index >= 15 is 0 Å². The molecule has 88 valence electrons. The number of aromatic amines is 1. The van der Waals surface area contributed by atoms with Crippen molar-refractivity contribution in [2.45, 2.75) is 12.8 Å². The van der Waals surface area contributed by atoms with Crippen LogP contribution in [0.15, 0.2) is 16.7 Å². The Morgan fingerprint density at radius 1 is 1.56 bits per heavy atom. The molecule has 16 heavy (non-hydrogen) atoms. The first-order valence-corrected chi connectivity index (χ1v) is 5.61. The molecule has 0 saturated carbocycles. The lowest BCUT2D eigenvalue weighted by molar-refractivity contribution is -0.140. The van der Waals surface area contributed by atoms with Gasteiger partial charge in [0.05, 0.1) is 7.11 Å². The second-order valence-electron chi connectivity index (χ2n) is 3.17. The van der Waals surface area contributed by atoms with E-state index in [4.69, 9.17) is 0 Å². The number of ether oxygens (including phenoxy) is 1. The van der Waals surface area contributed by atoms with Gasteiger partial charge in [0.1, 0.15) is 5.69 Å². The molecule has 5 nitrogen and oxygen atoms in total. The summed E-state index contributed by atoms with van der Waals surface area (Å²) in [6.45, 7) is 0.449. The summed E-state index contributed by atoms with van der Waals surface area (Å²) in [4.78, 5) is 25.1. The number of carbonyl (C=O) groups excluding carboxylic acids is 2. The number of carbonyl (C=O) groups is 2. The molecule has 1 aromatic heterocycles. The number of rotatable bonds is 5. The second-order valence-corrected chi connectivity index (χ2v) is 4.08. The normalized spacial score (nSPS) is 9.88. The molecule has 0 aliphatic rings. The van der Waals surface area contributed by atoms with Gasteiger partial charge < -0.3 is 15.0 Å². The molecule has 1 heterocycles. The highest BCUT2D eigenvalue weighted by molar-refractivity contribution is 9.10. The number of amides is 1. The Hall–Kier alpha value is -1.30. The van der Waals surface area contributed by atoms with Crippen molar-refractivity contribution in [2.24, 2.45) is 0 Å². The molecule has 1 amide bonds. The third-order valence-corrected chi connectivity index (χ3v) is 2.42. The Bertz CT molecular complexity index is 376. The molecular formula is C10H13BrN2O3. The van der Waals surface area contributed by atoms with Crippen LogP contribution in [0.4, 0.5) is 0 Å². The van der Waals surface area contributed by atoms with Gasteiger partial charge in [-0.2, -0.15) is 0 Å². The maximum atomic E-state index is 11.5. The molecule has 0 aliphatic carbocycles. The van der Waals surface area contributed by atoms with Crippen molar-refractivity contribution in [1.29, 1.82) is 0 Å². The van der Waals surface area contributed by atoms with Gasteiger partial charge in [0.25, 0.3) is 5.91 Å². The zero-order valence-electron chi connectivity index (χ0n) is 8.88. The van der Waals surface area contributed by atoms with E-state index in [1.807, 2.05) is 0 Å². The predicted molar refractivity (Wildman–Crippen MR) is 62.1 cm³/mol. The lowest BCUT2D eigenvalue weighted by atomic mass is 10.3. The van der Waals surface area contributed by atoms with Gasteiger partial charge in [-0.15, -0.1) is 0 Å². The summed E-state index contributed by atoms with van der Waals surface area (Å²) in [5.41, 5.74) is 0.491. The van der Waals surface area contributed by atoms with Crippen LogP contribution >= 0.6 is 15.9 Å². The zero-order chi connectivity index (χ0) is 12.0. The molecule has 1 aromatic rings. The molecule has 0 aliphatic heterocycles. The van der Waals surface area contributed by atoms with Crippen molar-refractivity contribution in [3.05, 3.63) is 22.4 Å². The van der Waals surface area contributed by atoms with E-state index in [9.17, 15) is 9.59 Å². The highest BCUT2D eigenvalue weighted by Gasteiger charge is 2.07. The van der Waals surface area contributed by atoms with Crippen LogP contribution in [0.25, 0.3) is 0 Å². The highest BCUT2D eigenvalue weighted by Crippen LogP contribution is 2.10. The summed E-state index contributed by atoms with van der Waals surface area (Å²) in [6.07, 6.45) is 2.56. The summed E-state index contributed by atoms with van der Waals surface area (Å²) in [6, 6.07) is 1.69. The van der Waals surface area contributed by atoms with E-state index in [2.05, 4.69) is 31.0 Å². The lowest BCUT2D eigenvalue weighted by Gasteiger charge is -2.02. The molecule has 0 bridgehead atoms. The third-order valence-electron chi connectivity index (χ3n) is 1.96. The fraction of sp³-hybridized carbons (Fsp3) is 0.400. The molecule has 0 radical (unpaired) electrons. The molecule has 0 spiro atoms. The Kier molecular flexibility index (Phi) is 5.04. The molecule has 0 aromatic carbocycles. The standard InChI is InChI=1S/C10H13BrN2O3/c1-16-9(14)3-2-4-12-10(15)8-5-7(11)6-13-8/h5-6,13H,2-4H2,1H3,(H,12,15). The summed E-state index contributed by atoms with van der Waals surface area (Å²) in [5, 5.41) is 2.69. The fourth-order valence-electron chi connectivity index (χ4n) is 1.13. The Balaban J connectivity index is 2.23. The van der Waals surface area contributed by atoms with Gasteiger partial charge in [-0.05, 0) is 28.4 Å². The smallest absolute Gasteiger partial charge is 0.305 e. The van der Waals surface area contributed by atoms with E-state index in [0.29, 0.717) is 25.1 Å². The molecular weight excluding hydrogens is 276 g/mol. The van der Waals surface area contributed by atoms with Crippen LogP contribution in [0.1, 0.15) is 23.3 Å². The number of aromatic nitrogens is 1.